The molecule has 0 fully saturated rings. The van der Waals surface area contributed by atoms with Crippen molar-refractivity contribution in [2.75, 3.05) is 13.2 Å². The molecule has 0 saturated carbocycles. The molecule has 0 spiro atoms. The van der Waals surface area contributed by atoms with Crippen LogP contribution in [0, 0.1) is 0 Å². The van der Waals surface area contributed by atoms with Crippen molar-refractivity contribution in [3.8, 4) is 0 Å². The molecular weight excluding hydrogens is 865 g/mol. The van der Waals surface area contributed by atoms with Crippen LogP contribution < -0.4 is 0 Å². The summed E-state index contributed by atoms with van der Waals surface area (Å²) in [5.41, 5.74) is 0. The third kappa shape index (κ3) is 54.5. The second kappa shape index (κ2) is 57.1. The van der Waals surface area contributed by atoms with Crippen molar-refractivity contribution in [1.29, 1.82) is 0 Å². The number of hydrogen-bond acceptors (Lipinski definition) is 6. The molecule has 0 aromatic heterocycles. The lowest BCUT2D eigenvalue weighted by Gasteiger charge is -2.18. The maximum absolute atomic E-state index is 12.8. The highest BCUT2D eigenvalue weighted by molar-refractivity contribution is 5.71. The lowest BCUT2D eigenvalue weighted by Crippen LogP contribution is -2.30. The lowest BCUT2D eigenvalue weighted by molar-refractivity contribution is -0.167. The van der Waals surface area contributed by atoms with Crippen molar-refractivity contribution in [3.63, 3.8) is 0 Å². The van der Waals surface area contributed by atoms with E-state index < -0.39 is 6.10 Å². The number of carbonyl (C=O) groups is 3. The molecule has 0 aromatic rings. The Hall–Kier alpha value is -4.45. The van der Waals surface area contributed by atoms with E-state index in [0.717, 1.165) is 128 Å². The van der Waals surface area contributed by atoms with Crippen LogP contribution in [0.25, 0.3) is 0 Å². The van der Waals surface area contributed by atoms with Gasteiger partial charge in [-0.3, -0.25) is 14.4 Å². The van der Waals surface area contributed by atoms with Crippen LogP contribution in [-0.2, 0) is 28.6 Å². The van der Waals surface area contributed by atoms with Crippen LogP contribution in [0.15, 0.2) is 134 Å². The Labute approximate surface area is 430 Å². The van der Waals surface area contributed by atoms with Gasteiger partial charge in [0.1, 0.15) is 13.2 Å². The molecule has 0 bridgehead atoms. The third-order valence-electron chi connectivity index (χ3n) is 11.4. The van der Waals surface area contributed by atoms with Crippen LogP contribution in [0.3, 0.4) is 0 Å². The summed E-state index contributed by atoms with van der Waals surface area (Å²) in [5.74, 6) is -1.00. The summed E-state index contributed by atoms with van der Waals surface area (Å²) in [6.07, 6.45) is 80.1. The summed E-state index contributed by atoms with van der Waals surface area (Å²) < 4.78 is 16.8. The molecule has 1 unspecified atom stereocenters. The Morgan fingerprint density at radius 1 is 0.300 bits per heavy atom. The molecule has 1 atom stereocenters. The Kier molecular flexibility index (Phi) is 53.5. The van der Waals surface area contributed by atoms with E-state index >= 15 is 0 Å². The van der Waals surface area contributed by atoms with Gasteiger partial charge in [-0.2, -0.15) is 0 Å². The van der Waals surface area contributed by atoms with Gasteiger partial charge in [0.2, 0.25) is 0 Å². The summed E-state index contributed by atoms with van der Waals surface area (Å²) in [6.45, 7) is 6.33. The van der Waals surface area contributed by atoms with Gasteiger partial charge in [-0.15, -0.1) is 0 Å². The van der Waals surface area contributed by atoms with Crippen LogP contribution in [0.1, 0.15) is 233 Å². The number of esters is 3. The zero-order valence-electron chi connectivity index (χ0n) is 45.0. The zero-order chi connectivity index (χ0) is 50.7. The van der Waals surface area contributed by atoms with Gasteiger partial charge in [0.25, 0.3) is 0 Å². The van der Waals surface area contributed by atoms with Gasteiger partial charge >= 0.3 is 17.9 Å². The maximum Gasteiger partial charge on any atom is 0.306 e. The fraction of sp³-hybridized carbons (Fsp3) is 0.609. The Balaban J connectivity index is 4.50. The first-order valence-corrected chi connectivity index (χ1v) is 28.2. The molecule has 0 aromatic carbocycles. The average molecular weight is 968 g/mol. The van der Waals surface area contributed by atoms with Crippen molar-refractivity contribution in [3.05, 3.63) is 134 Å². The van der Waals surface area contributed by atoms with E-state index in [2.05, 4.69) is 154 Å². The summed E-state index contributed by atoms with van der Waals surface area (Å²) >= 11 is 0. The topological polar surface area (TPSA) is 78.9 Å². The fourth-order valence-corrected chi connectivity index (χ4v) is 7.24. The molecule has 0 aliphatic carbocycles. The predicted octanol–water partition coefficient (Wildman–Crippen LogP) is 19.0. The largest absolute Gasteiger partial charge is 0.462 e. The van der Waals surface area contributed by atoms with Crippen molar-refractivity contribution < 1.29 is 28.6 Å². The van der Waals surface area contributed by atoms with Crippen LogP contribution in [0.2, 0.25) is 0 Å². The average Bonchev–Trinajstić information content (AvgIpc) is 3.36. The molecule has 0 heterocycles. The predicted molar refractivity (Wildman–Crippen MR) is 302 cm³/mol. The second-order valence-electron chi connectivity index (χ2n) is 18.1. The van der Waals surface area contributed by atoms with Gasteiger partial charge in [-0.05, 0) is 109 Å². The summed E-state index contributed by atoms with van der Waals surface area (Å²) in [5, 5.41) is 0. The van der Waals surface area contributed by atoms with E-state index in [9.17, 15) is 14.4 Å². The highest BCUT2D eigenvalue weighted by Gasteiger charge is 2.19. The maximum atomic E-state index is 12.8. The molecule has 0 rings (SSSR count). The SMILES string of the molecule is CC/C=C\C/C=C\C/C=C\C/C=C\C/C=C\C/C=C\CCCCCCC(=O)OCC(COC(=O)CCCCCCCCCCCCCC)OC(=O)CCC/C=C\C/C=C\C/C=C\C/C=C\C/C=C\CC. The molecule has 0 aliphatic rings. The molecule has 0 aliphatic heterocycles. The monoisotopic (exact) mass is 967 g/mol. The number of rotatable bonds is 49. The number of allylic oxidation sites excluding steroid dienone is 22. The molecular formula is C64H102O6. The highest BCUT2D eigenvalue weighted by atomic mass is 16.6. The van der Waals surface area contributed by atoms with Gasteiger partial charge in [0, 0.05) is 19.3 Å². The van der Waals surface area contributed by atoms with E-state index in [1.165, 1.54) is 57.8 Å². The first kappa shape index (κ1) is 65.5. The number of unbranched alkanes of at least 4 members (excludes halogenated alkanes) is 16. The normalized spacial score (nSPS) is 13.1. The van der Waals surface area contributed by atoms with Crippen LogP contribution in [0.4, 0.5) is 0 Å². The second-order valence-corrected chi connectivity index (χ2v) is 18.1. The minimum atomic E-state index is -0.822. The summed E-state index contributed by atoms with van der Waals surface area (Å²) in [4.78, 5) is 38.1. The van der Waals surface area contributed by atoms with Crippen LogP contribution in [0.5, 0.6) is 0 Å². The fourth-order valence-electron chi connectivity index (χ4n) is 7.24. The van der Waals surface area contributed by atoms with Gasteiger partial charge in [0.15, 0.2) is 6.10 Å². The van der Waals surface area contributed by atoms with E-state index in [1.54, 1.807) is 0 Å². The molecule has 394 valence electrons. The van der Waals surface area contributed by atoms with E-state index in [4.69, 9.17) is 14.2 Å². The molecule has 0 radical (unpaired) electrons. The van der Waals surface area contributed by atoms with Gasteiger partial charge in [-0.1, -0.05) is 238 Å². The molecule has 6 nitrogen and oxygen atoms in total. The minimum absolute atomic E-state index is 0.112. The summed E-state index contributed by atoms with van der Waals surface area (Å²) in [6, 6.07) is 0. The van der Waals surface area contributed by atoms with Crippen molar-refractivity contribution in [2.45, 2.75) is 239 Å². The number of carbonyl (C=O) groups excluding carboxylic acids is 3. The Morgan fingerprint density at radius 2 is 0.571 bits per heavy atom. The van der Waals surface area contributed by atoms with E-state index in [1.807, 2.05) is 0 Å². The molecule has 70 heavy (non-hydrogen) atoms. The van der Waals surface area contributed by atoms with Crippen LogP contribution >= 0.6 is 0 Å². The molecule has 6 heteroatoms. The van der Waals surface area contributed by atoms with Crippen molar-refractivity contribution >= 4 is 17.9 Å². The van der Waals surface area contributed by atoms with Crippen LogP contribution in [-0.4, -0.2) is 37.2 Å². The first-order valence-electron chi connectivity index (χ1n) is 28.2. The highest BCUT2D eigenvalue weighted by Crippen LogP contribution is 2.14. The number of hydrogen-bond donors (Lipinski definition) is 0. The van der Waals surface area contributed by atoms with Gasteiger partial charge in [-0.25, -0.2) is 0 Å². The molecule has 0 amide bonds. The van der Waals surface area contributed by atoms with Gasteiger partial charge < -0.3 is 14.2 Å². The molecule has 0 saturated heterocycles. The quantitative estimate of drug-likeness (QED) is 0.0262. The standard InChI is InChI=1S/C64H102O6/c1-4-7-10-13-16-19-22-25-27-29-30-31-32-33-34-36-37-39-42-45-48-51-54-57-63(66)69-60-61(59-68-62(65)56-53-50-47-44-41-24-21-18-15-12-9-6-3)70-64(67)58-55-52-49-46-43-40-38-35-28-26-23-20-17-14-11-8-5-2/h7-8,10-11,16-17,19-20,25-28,30-31,33-34,37-40,46,49,61H,4-6,9,12-15,18,21-24,29,32,35-36,41-45,47-48,50-60H2,1-3H3/b10-7-,11-8-,19-16-,20-17-,27-25-,28-26-,31-30-,34-33-,39-37-,40-38-,49-46-. The summed E-state index contributed by atoms with van der Waals surface area (Å²) in [7, 11) is 0. The van der Waals surface area contributed by atoms with E-state index in [0.29, 0.717) is 19.3 Å². The third-order valence-corrected chi connectivity index (χ3v) is 11.4. The first-order chi connectivity index (χ1) is 34.5. The Morgan fingerprint density at radius 3 is 0.914 bits per heavy atom. The van der Waals surface area contributed by atoms with Crippen molar-refractivity contribution in [1.82, 2.24) is 0 Å². The molecule has 0 N–H and O–H groups in total. The zero-order valence-corrected chi connectivity index (χ0v) is 45.0. The van der Waals surface area contributed by atoms with Gasteiger partial charge in [0.05, 0.1) is 0 Å². The smallest absolute Gasteiger partial charge is 0.306 e. The number of ether oxygens (including phenoxy) is 3. The lowest BCUT2D eigenvalue weighted by atomic mass is 10.0. The van der Waals surface area contributed by atoms with E-state index in [-0.39, 0.29) is 37.5 Å². The van der Waals surface area contributed by atoms with Crippen molar-refractivity contribution in [2.24, 2.45) is 0 Å². The Bertz CT molecular complexity index is 1530. The minimum Gasteiger partial charge on any atom is -0.462 e.